The number of carbonyl (C=O) groups excluding carboxylic acids is 3. The van der Waals surface area contributed by atoms with E-state index in [9.17, 15) is 24.5 Å². The van der Waals surface area contributed by atoms with E-state index in [0.717, 1.165) is 0 Å². The lowest BCUT2D eigenvalue weighted by molar-refractivity contribution is -0.384. The van der Waals surface area contributed by atoms with Gasteiger partial charge in [-0.1, -0.05) is 6.58 Å². The highest BCUT2D eigenvalue weighted by Crippen LogP contribution is 2.17. The molecule has 128 valence electrons. The first-order valence-corrected chi connectivity index (χ1v) is 6.61. The fourth-order valence-corrected chi connectivity index (χ4v) is 1.29. The smallest absolute Gasteiger partial charge is 0.351 e. The van der Waals surface area contributed by atoms with Gasteiger partial charge in [-0.2, -0.15) is 0 Å². The van der Waals surface area contributed by atoms with Crippen molar-refractivity contribution in [2.45, 2.75) is 6.92 Å². The number of hydrogen-bond acceptors (Lipinski definition) is 8. The van der Waals surface area contributed by atoms with Gasteiger partial charge in [-0.3, -0.25) is 14.9 Å². The molecule has 0 saturated heterocycles. The molecule has 0 aliphatic heterocycles. The summed E-state index contributed by atoms with van der Waals surface area (Å²) in [6, 6.07) is 4.88. The number of hydrogen-bond donors (Lipinski definition) is 2. The number of ether oxygens (including phenoxy) is 1. The van der Waals surface area contributed by atoms with Crippen molar-refractivity contribution in [1.29, 1.82) is 0 Å². The Bertz CT molecular complexity index is 655. The molecule has 2 N–H and O–H groups in total. The number of nitrogens with one attached hydrogen (secondary N) is 2. The van der Waals surface area contributed by atoms with Gasteiger partial charge in [-0.15, -0.1) is 5.48 Å². The van der Waals surface area contributed by atoms with Crippen molar-refractivity contribution in [3.05, 3.63) is 46.5 Å². The zero-order valence-electron chi connectivity index (χ0n) is 12.7. The van der Waals surface area contributed by atoms with E-state index in [1.807, 2.05) is 0 Å². The fraction of sp³-hybridized carbons (Fsp3) is 0.214. The fourth-order valence-electron chi connectivity index (χ4n) is 1.29. The van der Waals surface area contributed by atoms with Gasteiger partial charge < -0.3 is 14.9 Å². The molecule has 0 unspecified atom stereocenters. The van der Waals surface area contributed by atoms with Crippen molar-refractivity contribution in [2.75, 3.05) is 13.1 Å². The summed E-state index contributed by atoms with van der Waals surface area (Å²) >= 11 is 0. The lowest BCUT2D eigenvalue weighted by Gasteiger charge is -2.07. The number of nitro benzene ring substituents is 1. The molecule has 24 heavy (non-hydrogen) atoms. The molecule has 0 heterocycles. The van der Waals surface area contributed by atoms with Crippen LogP contribution < -0.4 is 15.5 Å². The lowest BCUT2D eigenvalue weighted by atomic mass is 10.3. The van der Waals surface area contributed by atoms with Crippen LogP contribution in [0.1, 0.15) is 6.92 Å². The Labute approximate surface area is 136 Å². The summed E-state index contributed by atoms with van der Waals surface area (Å²) < 4.78 is 4.88. The molecule has 0 aliphatic carbocycles. The maximum absolute atomic E-state index is 11.5. The van der Waals surface area contributed by atoms with Crippen molar-refractivity contribution in [2.24, 2.45) is 0 Å². The van der Waals surface area contributed by atoms with Gasteiger partial charge >= 0.3 is 11.9 Å². The van der Waals surface area contributed by atoms with E-state index in [0.29, 0.717) is 0 Å². The van der Waals surface area contributed by atoms with Crippen LogP contribution in [0.4, 0.5) is 5.69 Å². The summed E-state index contributed by atoms with van der Waals surface area (Å²) in [5.74, 6) is -1.98. The molecule has 0 saturated carbocycles. The third-order valence-electron chi connectivity index (χ3n) is 2.46. The minimum atomic E-state index is -0.767. The van der Waals surface area contributed by atoms with Crippen molar-refractivity contribution in [1.82, 2.24) is 10.8 Å². The quantitative estimate of drug-likeness (QED) is 0.226. The van der Waals surface area contributed by atoms with Crippen LogP contribution in [-0.4, -0.2) is 35.9 Å². The first-order valence-electron chi connectivity index (χ1n) is 6.61. The number of non-ortho nitro benzene ring substituents is 1. The Kier molecular flexibility index (Phi) is 7.04. The third kappa shape index (κ3) is 6.66. The highest BCUT2D eigenvalue weighted by Gasteiger charge is 2.10. The Morgan fingerprint density at radius 3 is 2.38 bits per heavy atom. The number of amides is 1. The van der Waals surface area contributed by atoms with Gasteiger partial charge in [-0.05, 0) is 19.1 Å². The molecule has 10 nitrogen and oxygen atoms in total. The second-order valence-electron chi connectivity index (χ2n) is 4.49. The van der Waals surface area contributed by atoms with E-state index in [-0.39, 0.29) is 23.6 Å². The largest absolute Gasteiger partial charge is 0.425 e. The van der Waals surface area contributed by atoms with Crippen LogP contribution in [0.15, 0.2) is 36.4 Å². The topological polar surface area (TPSA) is 137 Å². The van der Waals surface area contributed by atoms with Gasteiger partial charge in [0.05, 0.1) is 4.92 Å². The highest BCUT2D eigenvalue weighted by molar-refractivity contribution is 5.87. The van der Waals surface area contributed by atoms with Crippen molar-refractivity contribution >= 4 is 23.5 Å². The van der Waals surface area contributed by atoms with Crippen molar-refractivity contribution in [3.63, 3.8) is 0 Å². The minimum Gasteiger partial charge on any atom is -0.425 e. The molecule has 0 aliphatic rings. The number of hydroxylamine groups is 1. The second-order valence-corrected chi connectivity index (χ2v) is 4.49. The van der Waals surface area contributed by atoms with Gasteiger partial charge in [0, 0.05) is 17.7 Å². The number of esters is 1. The maximum atomic E-state index is 11.5. The normalized spacial score (nSPS) is 9.71. The number of nitro groups is 1. The molecule has 1 aromatic carbocycles. The molecular weight excluding hydrogens is 322 g/mol. The Balaban J connectivity index is 2.30. The van der Waals surface area contributed by atoms with Crippen LogP contribution in [0, 0.1) is 10.1 Å². The van der Waals surface area contributed by atoms with Crippen LogP contribution in [0.3, 0.4) is 0 Å². The summed E-state index contributed by atoms with van der Waals surface area (Å²) in [6.07, 6.45) is 0. The summed E-state index contributed by atoms with van der Waals surface area (Å²) in [5, 5.41) is 12.7. The van der Waals surface area contributed by atoms with Crippen LogP contribution in [0.5, 0.6) is 5.75 Å². The summed E-state index contributed by atoms with van der Waals surface area (Å²) in [4.78, 5) is 48.3. The molecule has 1 rings (SSSR count). The second kappa shape index (κ2) is 9.00. The van der Waals surface area contributed by atoms with Crippen LogP contribution in [-0.2, 0) is 19.2 Å². The van der Waals surface area contributed by atoms with E-state index in [1.54, 1.807) is 0 Å². The number of carbonyl (C=O) groups is 3. The lowest BCUT2D eigenvalue weighted by Crippen LogP contribution is -2.38. The monoisotopic (exact) mass is 337 g/mol. The summed E-state index contributed by atoms with van der Waals surface area (Å²) in [5.41, 5.74) is 2.14. The van der Waals surface area contributed by atoms with Crippen molar-refractivity contribution < 1.29 is 28.9 Å². The number of rotatable bonds is 8. The molecule has 0 spiro atoms. The molecule has 10 heteroatoms. The molecule has 0 radical (unpaired) electrons. The van der Waals surface area contributed by atoms with Gasteiger partial charge in [0.1, 0.15) is 18.8 Å². The Morgan fingerprint density at radius 2 is 1.83 bits per heavy atom. The number of benzene rings is 1. The maximum Gasteiger partial charge on any atom is 0.351 e. The highest BCUT2D eigenvalue weighted by atomic mass is 16.7. The zero-order chi connectivity index (χ0) is 18.1. The van der Waals surface area contributed by atoms with Crippen LogP contribution in [0.25, 0.3) is 0 Å². The average Bonchev–Trinajstić information content (AvgIpc) is 2.53. The molecule has 0 atom stereocenters. The van der Waals surface area contributed by atoms with E-state index in [1.165, 1.54) is 31.2 Å². The van der Waals surface area contributed by atoms with Gasteiger partial charge in [0.25, 0.3) is 5.69 Å². The Morgan fingerprint density at radius 1 is 1.21 bits per heavy atom. The molecule has 0 aromatic heterocycles. The van der Waals surface area contributed by atoms with Crippen LogP contribution >= 0.6 is 0 Å². The minimum absolute atomic E-state index is 0.105. The van der Waals surface area contributed by atoms with Gasteiger partial charge in [0.2, 0.25) is 5.91 Å². The predicted octanol–water partition coefficient (Wildman–Crippen LogP) is 0.240. The van der Waals surface area contributed by atoms with Gasteiger partial charge in [0.15, 0.2) is 0 Å². The first kappa shape index (κ1) is 18.8. The summed E-state index contributed by atoms with van der Waals surface area (Å²) in [6.45, 7) is 4.01. The summed E-state index contributed by atoms with van der Waals surface area (Å²) in [7, 11) is 0. The molecule has 0 fully saturated rings. The van der Waals surface area contributed by atoms with E-state index < -0.39 is 29.3 Å². The number of nitrogens with zero attached hydrogens (tertiary/aromatic N) is 1. The SMILES string of the molecule is C=C(C)C(=O)ONCC(=O)NCC(=O)Oc1ccc([N+](=O)[O-])cc1. The van der Waals surface area contributed by atoms with E-state index in [4.69, 9.17) is 4.74 Å². The zero-order valence-corrected chi connectivity index (χ0v) is 12.7. The first-order chi connectivity index (χ1) is 11.3. The van der Waals surface area contributed by atoms with Gasteiger partial charge in [-0.25, -0.2) is 9.59 Å². The molecular formula is C14H15N3O7. The predicted molar refractivity (Wildman–Crippen MR) is 80.6 cm³/mol. The van der Waals surface area contributed by atoms with Crippen molar-refractivity contribution in [3.8, 4) is 5.75 Å². The standard InChI is InChI=1S/C14H15N3O7/c1-9(2)14(20)24-16-7-12(18)15-8-13(19)23-11-5-3-10(4-6-11)17(21)22/h3-6,16H,1,7-8H2,2H3,(H,15,18). The molecule has 1 aromatic rings. The molecule has 1 amide bonds. The molecule has 0 bridgehead atoms. The third-order valence-corrected chi connectivity index (χ3v) is 2.46. The average molecular weight is 337 g/mol. The van der Waals surface area contributed by atoms with Crippen LogP contribution in [0.2, 0.25) is 0 Å². The van der Waals surface area contributed by atoms with E-state index in [2.05, 4.69) is 22.2 Å². The van der Waals surface area contributed by atoms with E-state index >= 15 is 0 Å². The Hall–Kier alpha value is -3.27.